The summed E-state index contributed by atoms with van der Waals surface area (Å²) in [4.78, 5) is 0. The van der Waals surface area contributed by atoms with Crippen molar-refractivity contribution in [1.82, 2.24) is 0 Å². The van der Waals surface area contributed by atoms with Crippen molar-refractivity contribution in [3.8, 4) is 5.75 Å². The van der Waals surface area contributed by atoms with Crippen LogP contribution in [-0.4, -0.2) is 12.6 Å². The number of rotatable bonds is 5. The number of benzene rings is 1. The summed E-state index contributed by atoms with van der Waals surface area (Å²) < 4.78 is 19.0. The van der Waals surface area contributed by atoms with Crippen molar-refractivity contribution in [2.45, 2.75) is 38.6 Å². The maximum atomic E-state index is 13.2. The van der Waals surface area contributed by atoms with E-state index in [1.807, 2.05) is 6.92 Å². The molecule has 0 spiro atoms. The van der Waals surface area contributed by atoms with Crippen LogP contribution in [0.1, 0.15) is 31.7 Å². The Morgan fingerprint density at radius 1 is 1.47 bits per heavy atom. The summed E-state index contributed by atoms with van der Waals surface area (Å²) in [5.41, 5.74) is 6.63. The molecule has 0 heterocycles. The van der Waals surface area contributed by atoms with E-state index >= 15 is 0 Å². The van der Waals surface area contributed by atoms with Gasteiger partial charge >= 0.3 is 0 Å². The normalized spacial score (nSPS) is 17.6. The standard InChI is InChI=1S/C14H20FNO/c1-10(16)7-12-8-13(15)5-6-14(12)17-9-11-3-2-4-11/h5-6,8,10-11H,2-4,7,9,16H2,1H3. The second-order valence-corrected chi connectivity index (χ2v) is 5.04. The van der Waals surface area contributed by atoms with E-state index in [2.05, 4.69) is 0 Å². The van der Waals surface area contributed by atoms with Crippen LogP contribution in [0.3, 0.4) is 0 Å². The van der Waals surface area contributed by atoms with Gasteiger partial charge in [0.05, 0.1) is 6.61 Å². The molecule has 1 atom stereocenters. The molecule has 1 aliphatic rings. The molecule has 2 N–H and O–H groups in total. The molecule has 0 aromatic heterocycles. The first-order valence-electron chi connectivity index (χ1n) is 6.32. The van der Waals surface area contributed by atoms with Crippen LogP contribution < -0.4 is 10.5 Å². The molecule has 94 valence electrons. The highest BCUT2D eigenvalue weighted by Crippen LogP contribution is 2.28. The Labute approximate surface area is 102 Å². The van der Waals surface area contributed by atoms with E-state index in [-0.39, 0.29) is 11.9 Å². The van der Waals surface area contributed by atoms with E-state index in [4.69, 9.17) is 10.5 Å². The van der Waals surface area contributed by atoms with E-state index in [1.165, 1.54) is 31.4 Å². The molecule has 3 heteroatoms. The molecule has 0 bridgehead atoms. The molecule has 0 amide bonds. The zero-order valence-corrected chi connectivity index (χ0v) is 10.3. The van der Waals surface area contributed by atoms with Gasteiger partial charge in [0, 0.05) is 6.04 Å². The van der Waals surface area contributed by atoms with E-state index in [9.17, 15) is 4.39 Å². The second-order valence-electron chi connectivity index (χ2n) is 5.04. The summed E-state index contributed by atoms with van der Waals surface area (Å²) >= 11 is 0. The highest BCUT2D eigenvalue weighted by molar-refractivity contribution is 5.34. The lowest BCUT2D eigenvalue weighted by Gasteiger charge is -2.25. The first-order valence-corrected chi connectivity index (χ1v) is 6.32. The van der Waals surface area contributed by atoms with Crippen molar-refractivity contribution in [2.24, 2.45) is 11.7 Å². The zero-order valence-electron chi connectivity index (χ0n) is 10.3. The minimum Gasteiger partial charge on any atom is -0.493 e. The topological polar surface area (TPSA) is 35.2 Å². The fourth-order valence-corrected chi connectivity index (χ4v) is 2.06. The molecule has 1 fully saturated rings. The Balaban J connectivity index is 2.02. The lowest BCUT2D eigenvalue weighted by atomic mass is 9.86. The lowest BCUT2D eigenvalue weighted by molar-refractivity contribution is 0.179. The predicted octanol–water partition coefficient (Wildman–Crippen LogP) is 2.89. The quantitative estimate of drug-likeness (QED) is 0.854. The van der Waals surface area contributed by atoms with E-state index in [0.717, 1.165) is 17.9 Å². The minimum atomic E-state index is -0.225. The molecule has 1 unspecified atom stereocenters. The van der Waals surface area contributed by atoms with Gasteiger partial charge in [-0.25, -0.2) is 4.39 Å². The molecule has 2 rings (SSSR count). The Morgan fingerprint density at radius 3 is 2.82 bits per heavy atom. The molecule has 2 nitrogen and oxygen atoms in total. The van der Waals surface area contributed by atoms with Crippen molar-refractivity contribution in [2.75, 3.05) is 6.61 Å². The van der Waals surface area contributed by atoms with Crippen molar-refractivity contribution in [3.63, 3.8) is 0 Å². The monoisotopic (exact) mass is 237 g/mol. The fraction of sp³-hybridized carbons (Fsp3) is 0.571. The average molecular weight is 237 g/mol. The van der Waals surface area contributed by atoms with Gasteiger partial charge < -0.3 is 10.5 Å². The van der Waals surface area contributed by atoms with Gasteiger partial charge in [-0.3, -0.25) is 0 Å². The SMILES string of the molecule is CC(N)Cc1cc(F)ccc1OCC1CCC1. The van der Waals surface area contributed by atoms with Crippen LogP contribution in [0.5, 0.6) is 5.75 Å². The molecule has 0 saturated heterocycles. The first-order chi connectivity index (χ1) is 8.15. The van der Waals surface area contributed by atoms with E-state index in [1.54, 1.807) is 6.07 Å². The van der Waals surface area contributed by atoms with E-state index < -0.39 is 0 Å². The summed E-state index contributed by atoms with van der Waals surface area (Å²) in [7, 11) is 0. The van der Waals surface area contributed by atoms with Gasteiger partial charge in [0.25, 0.3) is 0 Å². The lowest BCUT2D eigenvalue weighted by Crippen LogP contribution is -2.21. The molecule has 0 aliphatic heterocycles. The fourth-order valence-electron chi connectivity index (χ4n) is 2.06. The molecular formula is C14H20FNO. The maximum absolute atomic E-state index is 13.2. The highest BCUT2D eigenvalue weighted by Gasteiger charge is 2.18. The van der Waals surface area contributed by atoms with Crippen LogP contribution in [0.2, 0.25) is 0 Å². The second kappa shape index (κ2) is 5.50. The summed E-state index contributed by atoms with van der Waals surface area (Å²) in [6, 6.07) is 4.70. The summed E-state index contributed by atoms with van der Waals surface area (Å²) in [6.07, 6.45) is 4.47. The maximum Gasteiger partial charge on any atom is 0.123 e. The molecule has 1 aromatic carbocycles. The van der Waals surface area contributed by atoms with Gasteiger partial charge in [-0.1, -0.05) is 6.42 Å². The van der Waals surface area contributed by atoms with Crippen LogP contribution in [-0.2, 0) is 6.42 Å². The number of halogens is 1. The first kappa shape index (κ1) is 12.4. The van der Waals surface area contributed by atoms with Crippen LogP contribution >= 0.6 is 0 Å². The van der Waals surface area contributed by atoms with Gasteiger partial charge in [-0.05, 0) is 55.9 Å². The average Bonchev–Trinajstić information content (AvgIpc) is 2.17. The number of nitrogens with two attached hydrogens (primary N) is 1. The molecule has 1 saturated carbocycles. The van der Waals surface area contributed by atoms with Crippen molar-refractivity contribution in [3.05, 3.63) is 29.6 Å². The summed E-state index contributed by atoms with van der Waals surface area (Å²) in [6.45, 7) is 2.66. The van der Waals surface area contributed by atoms with Gasteiger partial charge in [0.15, 0.2) is 0 Å². The van der Waals surface area contributed by atoms with Gasteiger partial charge in [-0.2, -0.15) is 0 Å². The third-order valence-corrected chi connectivity index (χ3v) is 3.26. The summed E-state index contributed by atoms with van der Waals surface area (Å²) in [5, 5.41) is 0. The molecule has 1 aliphatic carbocycles. The molecule has 17 heavy (non-hydrogen) atoms. The van der Waals surface area contributed by atoms with Crippen LogP contribution in [0, 0.1) is 11.7 Å². The third kappa shape index (κ3) is 3.43. The Bertz CT molecular complexity index is 374. The number of hydrogen-bond acceptors (Lipinski definition) is 2. The Hall–Kier alpha value is -1.09. The number of ether oxygens (including phenoxy) is 1. The van der Waals surface area contributed by atoms with Crippen LogP contribution in [0.25, 0.3) is 0 Å². The molecule has 0 radical (unpaired) electrons. The predicted molar refractivity (Wildman–Crippen MR) is 66.6 cm³/mol. The van der Waals surface area contributed by atoms with Crippen molar-refractivity contribution in [1.29, 1.82) is 0 Å². The molecular weight excluding hydrogens is 217 g/mol. The van der Waals surface area contributed by atoms with Crippen LogP contribution in [0.4, 0.5) is 4.39 Å². The number of hydrogen-bond donors (Lipinski definition) is 1. The van der Waals surface area contributed by atoms with E-state index in [0.29, 0.717) is 12.3 Å². The van der Waals surface area contributed by atoms with Crippen molar-refractivity contribution < 1.29 is 9.13 Å². The third-order valence-electron chi connectivity index (χ3n) is 3.26. The Morgan fingerprint density at radius 2 is 2.24 bits per heavy atom. The largest absolute Gasteiger partial charge is 0.493 e. The summed E-state index contributed by atoms with van der Waals surface area (Å²) in [5.74, 6) is 1.25. The highest BCUT2D eigenvalue weighted by atomic mass is 19.1. The zero-order chi connectivity index (χ0) is 12.3. The van der Waals surface area contributed by atoms with Gasteiger partial charge in [0.2, 0.25) is 0 Å². The molecule has 1 aromatic rings. The van der Waals surface area contributed by atoms with Gasteiger partial charge in [-0.15, -0.1) is 0 Å². The smallest absolute Gasteiger partial charge is 0.123 e. The van der Waals surface area contributed by atoms with Crippen LogP contribution in [0.15, 0.2) is 18.2 Å². The van der Waals surface area contributed by atoms with Gasteiger partial charge in [0.1, 0.15) is 11.6 Å². The minimum absolute atomic E-state index is 0.0165. The van der Waals surface area contributed by atoms with Crippen molar-refractivity contribution >= 4 is 0 Å². The Kier molecular flexibility index (Phi) is 4.00.